The number of ether oxygens (including phenoxy) is 1. The number of hydrogen-bond donors (Lipinski definition) is 1. The minimum atomic E-state index is -0.822. The number of methoxy groups -OCH3 is 1. The van der Waals surface area contributed by atoms with Gasteiger partial charge in [0, 0.05) is 4.47 Å². The van der Waals surface area contributed by atoms with Crippen molar-refractivity contribution >= 4 is 27.6 Å². The predicted molar refractivity (Wildman–Crippen MR) is 68.3 cm³/mol. The minimum Gasteiger partial charge on any atom is -0.464 e. The van der Waals surface area contributed by atoms with Crippen LogP contribution in [-0.4, -0.2) is 36.6 Å². The molecule has 0 fully saturated rings. The lowest BCUT2D eigenvalue weighted by molar-refractivity contribution is -0.133. The normalized spacial score (nSPS) is 22.9. The zero-order chi connectivity index (χ0) is 13.1. The van der Waals surface area contributed by atoms with Gasteiger partial charge in [-0.3, -0.25) is 0 Å². The molecule has 0 bridgehead atoms. The Bertz CT molecular complexity index is 471. The highest BCUT2D eigenvalue weighted by molar-refractivity contribution is 9.10. The molecule has 0 aliphatic carbocycles. The predicted octanol–water partition coefficient (Wildman–Crippen LogP) is 1.45. The molecule has 0 aromatic heterocycles. The molecule has 0 saturated heterocycles. The summed E-state index contributed by atoms with van der Waals surface area (Å²) in [4.78, 5) is 16.4. The summed E-state index contributed by atoms with van der Waals surface area (Å²) in [5.74, 6) is -1.12. The van der Waals surface area contributed by atoms with Gasteiger partial charge in [-0.2, -0.15) is 0 Å². The van der Waals surface area contributed by atoms with E-state index in [9.17, 15) is 9.90 Å². The average molecular weight is 314 g/mol. The second kappa shape index (κ2) is 5.49. The fourth-order valence-electron chi connectivity index (χ4n) is 1.84. The molecule has 0 spiro atoms. The van der Waals surface area contributed by atoms with E-state index in [-0.39, 0.29) is 12.3 Å². The van der Waals surface area contributed by atoms with Crippen LogP contribution < -0.4 is 0 Å². The summed E-state index contributed by atoms with van der Waals surface area (Å²) < 4.78 is 5.56. The molecule has 96 valence electrons. The van der Waals surface area contributed by atoms with Gasteiger partial charge in [0.1, 0.15) is 12.7 Å². The Hall–Kier alpha value is -1.40. The lowest BCUT2D eigenvalue weighted by Gasteiger charge is -2.26. The van der Waals surface area contributed by atoms with Gasteiger partial charge in [0.15, 0.2) is 5.71 Å². The molecule has 18 heavy (non-hydrogen) atoms. The van der Waals surface area contributed by atoms with Gasteiger partial charge in [-0.05, 0) is 17.7 Å². The molecule has 1 aliphatic heterocycles. The maximum atomic E-state index is 11.6. The Morgan fingerprint density at radius 2 is 2.17 bits per heavy atom. The Balaban J connectivity index is 2.37. The van der Waals surface area contributed by atoms with E-state index in [1.54, 1.807) is 0 Å². The number of rotatable bonds is 2. The minimum absolute atomic E-state index is 0.0568. The van der Waals surface area contributed by atoms with Crippen molar-refractivity contribution < 1.29 is 19.5 Å². The fraction of sp³-hybridized carbons (Fsp3) is 0.333. The third-order valence-corrected chi connectivity index (χ3v) is 3.24. The highest BCUT2D eigenvalue weighted by Crippen LogP contribution is 2.27. The summed E-state index contributed by atoms with van der Waals surface area (Å²) in [7, 11) is 1.27. The van der Waals surface area contributed by atoms with E-state index in [2.05, 4.69) is 25.8 Å². The van der Waals surface area contributed by atoms with Gasteiger partial charge < -0.3 is 14.7 Å². The van der Waals surface area contributed by atoms with Crippen LogP contribution in [0.3, 0.4) is 0 Å². The van der Waals surface area contributed by atoms with Crippen molar-refractivity contribution in [3.05, 3.63) is 34.3 Å². The molecule has 0 radical (unpaired) electrons. The van der Waals surface area contributed by atoms with E-state index in [0.717, 1.165) is 10.0 Å². The number of carbonyl (C=O) groups excluding carboxylic acids is 1. The van der Waals surface area contributed by atoms with Crippen LogP contribution in [0.4, 0.5) is 0 Å². The van der Waals surface area contributed by atoms with Crippen LogP contribution in [0, 0.1) is 0 Å². The number of carbonyl (C=O) groups is 1. The van der Waals surface area contributed by atoms with Crippen molar-refractivity contribution in [2.45, 2.75) is 12.0 Å². The molecular formula is C12H12BrNO4. The van der Waals surface area contributed by atoms with Gasteiger partial charge in [-0.25, -0.2) is 4.79 Å². The van der Waals surface area contributed by atoms with Gasteiger partial charge in [0.2, 0.25) is 0 Å². The van der Waals surface area contributed by atoms with Crippen molar-refractivity contribution in [1.29, 1.82) is 0 Å². The van der Waals surface area contributed by atoms with Crippen LogP contribution in [0.5, 0.6) is 0 Å². The molecule has 1 heterocycles. The number of aliphatic hydroxyl groups is 1. The van der Waals surface area contributed by atoms with Crippen LogP contribution in [0.25, 0.3) is 0 Å². The third-order valence-electron chi connectivity index (χ3n) is 2.71. The number of hydrogen-bond acceptors (Lipinski definition) is 5. The highest BCUT2D eigenvalue weighted by Gasteiger charge is 2.35. The molecule has 0 amide bonds. The zero-order valence-corrected chi connectivity index (χ0v) is 11.3. The Kier molecular flexibility index (Phi) is 3.98. The lowest BCUT2D eigenvalue weighted by Crippen LogP contribution is -2.38. The number of benzene rings is 1. The molecule has 1 aliphatic rings. The molecule has 1 N–H and O–H groups in total. The summed E-state index contributed by atoms with van der Waals surface area (Å²) in [6, 6.07) is 7.32. The second-order valence-electron chi connectivity index (χ2n) is 3.86. The monoisotopic (exact) mass is 313 g/mol. The summed E-state index contributed by atoms with van der Waals surface area (Å²) in [5.41, 5.74) is 0.872. The number of oxime groups is 1. The second-order valence-corrected chi connectivity index (χ2v) is 4.78. The molecule has 6 heteroatoms. The quantitative estimate of drug-likeness (QED) is 0.839. The largest absolute Gasteiger partial charge is 0.464 e. The zero-order valence-electron chi connectivity index (χ0n) is 9.67. The molecule has 2 rings (SSSR count). The summed E-state index contributed by atoms with van der Waals surface area (Å²) in [6.07, 6.45) is -0.822. The van der Waals surface area contributed by atoms with Gasteiger partial charge in [-0.15, -0.1) is 0 Å². The molecule has 0 saturated carbocycles. The standard InChI is InChI=1S/C12H12BrNO4/c1-17-12(16)11-10(9(15)6-18-14-11)7-2-4-8(13)5-3-7/h2-5,9-10,15H,6H2,1H3/t9-,10-/m0/s1. The molecule has 1 aromatic carbocycles. The smallest absolute Gasteiger partial charge is 0.356 e. The Morgan fingerprint density at radius 1 is 1.50 bits per heavy atom. The number of esters is 1. The Labute approximate surface area is 113 Å². The van der Waals surface area contributed by atoms with E-state index in [1.807, 2.05) is 24.3 Å². The van der Waals surface area contributed by atoms with E-state index in [4.69, 9.17) is 4.84 Å². The molecular weight excluding hydrogens is 302 g/mol. The van der Waals surface area contributed by atoms with Gasteiger partial charge in [0.05, 0.1) is 13.0 Å². The van der Waals surface area contributed by atoms with Crippen molar-refractivity contribution in [2.75, 3.05) is 13.7 Å². The maximum Gasteiger partial charge on any atom is 0.356 e. The van der Waals surface area contributed by atoms with Gasteiger partial charge in [0.25, 0.3) is 0 Å². The number of halogens is 1. The van der Waals surface area contributed by atoms with Crippen LogP contribution in [0.1, 0.15) is 11.5 Å². The van der Waals surface area contributed by atoms with Gasteiger partial charge >= 0.3 is 5.97 Å². The van der Waals surface area contributed by atoms with Crippen molar-refractivity contribution in [3.63, 3.8) is 0 Å². The van der Waals surface area contributed by atoms with Crippen LogP contribution in [-0.2, 0) is 14.4 Å². The topological polar surface area (TPSA) is 68.1 Å². The first-order valence-electron chi connectivity index (χ1n) is 5.35. The average Bonchev–Trinajstić information content (AvgIpc) is 2.39. The summed E-state index contributed by atoms with van der Waals surface area (Å²) in [6.45, 7) is 0.0568. The number of aliphatic hydroxyl groups excluding tert-OH is 1. The first kappa shape index (κ1) is 13.0. The fourth-order valence-corrected chi connectivity index (χ4v) is 2.10. The van der Waals surface area contributed by atoms with Crippen LogP contribution in [0.2, 0.25) is 0 Å². The third kappa shape index (κ3) is 2.54. The van der Waals surface area contributed by atoms with E-state index < -0.39 is 18.0 Å². The van der Waals surface area contributed by atoms with Crippen LogP contribution >= 0.6 is 15.9 Å². The maximum absolute atomic E-state index is 11.6. The molecule has 1 aromatic rings. The Morgan fingerprint density at radius 3 is 2.78 bits per heavy atom. The van der Waals surface area contributed by atoms with E-state index >= 15 is 0 Å². The lowest BCUT2D eigenvalue weighted by atomic mass is 9.88. The first-order valence-corrected chi connectivity index (χ1v) is 6.14. The van der Waals surface area contributed by atoms with E-state index in [0.29, 0.717) is 0 Å². The molecule has 2 atom stereocenters. The molecule has 0 unspecified atom stereocenters. The SMILES string of the molecule is COC(=O)C1=NOC[C@H](O)[C@@H]1c1ccc(Br)cc1. The summed E-state index contributed by atoms with van der Waals surface area (Å²) >= 11 is 3.33. The first-order chi connectivity index (χ1) is 8.63. The van der Waals surface area contributed by atoms with Crippen molar-refractivity contribution in [1.82, 2.24) is 0 Å². The van der Waals surface area contributed by atoms with Gasteiger partial charge in [-0.1, -0.05) is 33.2 Å². The summed E-state index contributed by atoms with van der Waals surface area (Å²) in [5, 5.41) is 13.7. The highest BCUT2D eigenvalue weighted by atomic mass is 79.9. The van der Waals surface area contributed by atoms with Crippen LogP contribution in [0.15, 0.2) is 33.9 Å². The van der Waals surface area contributed by atoms with Crippen molar-refractivity contribution in [3.8, 4) is 0 Å². The molecule has 5 nitrogen and oxygen atoms in total. The van der Waals surface area contributed by atoms with Crippen molar-refractivity contribution in [2.24, 2.45) is 5.16 Å². The number of nitrogens with zero attached hydrogens (tertiary/aromatic N) is 1. The van der Waals surface area contributed by atoms with E-state index in [1.165, 1.54) is 7.11 Å².